The normalized spacial score (nSPS) is 16.5. The Bertz CT molecular complexity index is 917. The van der Waals surface area contributed by atoms with Gasteiger partial charge in [0.2, 0.25) is 0 Å². The van der Waals surface area contributed by atoms with E-state index in [4.69, 9.17) is 14.2 Å². The fourth-order valence-corrected chi connectivity index (χ4v) is 2.92. The van der Waals surface area contributed by atoms with Gasteiger partial charge in [0.1, 0.15) is 18.3 Å². The van der Waals surface area contributed by atoms with Crippen molar-refractivity contribution in [2.45, 2.75) is 39.1 Å². The third kappa shape index (κ3) is 6.65. The fourth-order valence-electron chi connectivity index (χ4n) is 2.92. The molecule has 3 rings (SSSR count). The number of nitrogens with one attached hydrogen (secondary N) is 1. The number of nitrogens with zero attached hydrogens (tertiary/aromatic N) is 2. The molecular formula is C22H26FN3O5. The summed E-state index contributed by atoms with van der Waals surface area (Å²) in [6.45, 7) is 6.29. The lowest BCUT2D eigenvalue weighted by atomic mass is 10.1. The number of rotatable bonds is 4. The summed E-state index contributed by atoms with van der Waals surface area (Å²) in [5.41, 5.74) is 0.497. The number of hydrogen-bond acceptors (Lipinski definition) is 6. The molecule has 0 bridgehead atoms. The van der Waals surface area contributed by atoms with Crippen molar-refractivity contribution in [2.75, 3.05) is 25.0 Å². The van der Waals surface area contributed by atoms with Gasteiger partial charge in [0.05, 0.1) is 30.7 Å². The highest BCUT2D eigenvalue weighted by Crippen LogP contribution is 2.25. The first-order chi connectivity index (χ1) is 14.7. The summed E-state index contributed by atoms with van der Waals surface area (Å²) in [6.07, 6.45) is -0.828. The first-order valence-electron chi connectivity index (χ1n) is 9.94. The van der Waals surface area contributed by atoms with Crippen LogP contribution in [0.3, 0.4) is 0 Å². The van der Waals surface area contributed by atoms with Gasteiger partial charge in [-0.05, 0) is 32.4 Å². The standard InChI is InChI=1S/C22H26FN3O5/c1-22(2,3)31-21(28)26-9-10-29-19(13-26)18-11-17(16(23)12-24-18)25-20(27)30-14-15-7-5-4-6-8-15/h4-8,11-12,19H,9-10,13-14H2,1-3H3,(H,24,25,27). The Morgan fingerprint density at radius 2 is 2.03 bits per heavy atom. The second kappa shape index (κ2) is 9.74. The lowest BCUT2D eigenvalue weighted by molar-refractivity contribution is -0.0447. The van der Waals surface area contributed by atoms with Gasteiger partial charge in [0.25, 0.3) is 0 Å². The van der Waals surface area contributed by atoms with Crippen molar-refractivity contribution in [1.29, 1.82) is 0 Å². The number of ether oxygens (including phenoxy) is 3. The number of benzene rings is 1. The van der Waals surface area contributed by atoms with Crippen molar-refractivity contribution in [3.05, 3.63) is 59.7 Å². The Morgan fingerprint density at radius 3 is 2.74 bits per heavy atom. The Labute approximate surface area is 180 Å². The van der Waals surface area contributed by atoms with Gasteiger partial charge < -0.3 is 19.1 Å². The maximum absolute atomic E-state index is 14.2. The van der Waals surface area contributed by atoms with Crippen LogP contribution in [0, 0.1) is 5.82 Å². The van der Waals surface area contributed by atoms with Gasteiger partial charge in [-0.15, -0.1) is 0 Å². The van der Waals surface area contributed by atoms with Crippen molar-refractivity contribution >= 4 is 17.9 Å². The van der Waals surface area contributed by atoms with E-state index in [2.05, 4.69) is 10.3 Å². The smallest absolute Gasteiger partial charge is 0.412 e. The first-order valence-corrected chi connectivity index (χ1v) is 9.94. The Morgan fingerprint density at radius 1 is 1.29 bits per heavy atom. The number of anilines is 1. The highest BCUT2D eigenvalue weighted by atomic mass is 19.1. The lowest BCUT2D eigenvalue weighted by Gasteiger charge is -2.34. The van der Waals surface area contributed by atoms with Gasteiger partial charge in [0, 0.05) is 6.54 Å². The van der Waals surface area contributed by atoms with E-state index in [1.165, 1.54) is 11.0 Å². The molecule has 2 heterocycles. The summed E-state index contributed by atoms with van der Waals surface area (Å²) >= 11 is 0. The Balaban J connectivity index is 1.63. The van der Waals surface area contributed by atoms with Gasteiger partial charge in [-0.3, -0.25) is 10.3 Å². The SMILES string of the molecule is CC(C)(C)OC(=O)N1CCOC(c2cc(NC(=O)OCc3ccccc3)c(F)cn2)C1. The molecule has 1 aromatic heterocycles. The third-order valence-electron chi connectivity index (χ3n) is 4.37. The van der Waals surface area contributed by atoms with Crippen LogP contribution < -0.4 is 5.32 Å². The molecule has 0 radical (unpaired) electrons. The topological polar surface area (TPSA) is 90.0 Å². The van der Waals surface area contributed by atoms with E-state index in [0.29, 0.717) is 12.2 Å². The van der Waals surface area contributed by atoms with Gasteiger partial charge >= 0.3 is 12.2 Å². The van der Waals surface area contributed by atoms with Crippen molar-refractivity contribution in [1.82, 2.24) is 9.88 Å². The minimum Gasteiger partial charge on any atom is -0.444 e. The van der Waals surface area contributed by atoms with Gasteiger partial charge in [-0.2, -0.15) is 0 Å². The summed E-state index contributed by atoms with van der Waals surface area (Å²) in [6, 6.07) is 10.5. The molecule has 0 saturated carbocycles. The molecule has 1 aliphatic rings. The van der Waals surface area contributed by atoms with Crippen LogP contribution in [0.4, 0.5) is 19.7 Å². The first kappa shape index (κ1) is 22.5. The maximum Gasteiger partial charge on any atom is 0.412 e. The molecule has 1 fully saturated rings. The molecule has 9 heteroatoms. The maximum atomic E-state index is 14.2. The molecule has 1 aromatic carbocycles. The van der Waals surface area contributed by atoms with Gasteiger partial charge in [0.15, 0.2) is 5.82 Å². The Kier molecular flexibility index (Phi) is 7.06. The molecule has 2 amide bonds. The van der Waals surface area contributed by atoms with E-state index < -0.39 is 29.7 Å². The van der Waals surface area contributed by atoms with E-state index in [0.717, 1.165) is 11.8 Å². The summed E-state index contributed by atoms with van der Waals surface area (Å²) < 4.78 is 30.4. The highest BCUT2D eigenvalue weighted by molar-refractivity contribution is 5.84. The van der Waals surface area contributed by atoms with Crippen LogP contribution in [0.15, 0.2) is 42.6 Å². The molecule has 0 aliphatic carbocycles. The van der Waals surface area contributed by atoms with E-state index in [-0.39, 0.29) is 25.4 Å². The molecule has 1 N–H and O–H groups in total. The average molecular weight is 431 g/mol. The van der Waals surface area contributed by atoms with Crippen molar-refractivity contribution in [3.63, 3.8) is 0 Å². The van der Waals surface area contributed by atoms with Crippen LogP contribution in [0.25, 0.3) is 0 Å². The van der Waals surface area contributed by atoms with Crippen LogP contribution in [-0.4, -0.2) is 47.4 Å². The van der Waals surface area contributed by atoms with Crippen LogP contribution in [-0.2, 0) is 20.8 Å². The molecule has 2 aromatic rings. The van der Waals surface area contributed by atoms with Crippen molar-refractivity contribution in [2.24, 2.45) is 0 Å². The molecule has 1 atom stereocenters. The minimum atomic E-state index is -0.792. The van der Waals surface area contributed by atoms with E-state index in [1.807, 2.05) is 30.3 Å². The molecule has 31 heavy (non-hydrogen) atoms. The van der Waals surface area contributed by atoms with Crippen LogP contribution >= 0.6 is 0 Å². The summed E-state index contributed by atoms with van der Waals surface area (Å²) in [4.78, 5) is 30.0. The zero-order valence-electron chi connectivity index (χ0n) is 17.8. The molecule has 1 aliphatic heterocycles. The molecule has 8 nitrogen and oxygen atoms in total. The Hall–Kier alpha value is -3.20. The zero-order chi connectivity index (χ0) is 22.4. The van der Waals surface area contributed by atoms with E-state index >= 15 is 0 Å². The second-order valence-corrected chi connectivity index (χ2v) is 8.06. The van der Waals surface area contributed by atoms with Crippen molar-refractivity contribution < 1.29 is 28.2 Å². The number of carbonyl (C=O) groups is 2. The number of morpholine rings is 1. The lowest BCUT2D eigenvalue weighted by Crippen LogP contribution is -2.44. The van der Waals surface area contributed by atoms with Crippen molar-refractivity contribution in [3.8, 4) is 0 Å². The molecule has 166 valence electrons. The second-order valence-electron chi connectivity index (χ2n) is 8.06. The van der Waals surface area contributed by atoms with Crippen LogP contribution in [0.5, 0.6) is 0 Å². The monoisotopic (exact) mass is 431 g/mol. The molecule has 0 spiro atoms. The quantitative estimate of drug-likeness (QED) is 0.777. The predicted octanol–water partition coefficient (Wildman–Crippen LogP) is 4.28. The molecular weight excluding hydrogens is 405 g/mol. The predicted molar refractivity (Wildman–Crippen MR) is 111 cm³/mol. The summed E-state index contributed by atoms with van der Waals surface area (Å²) in [5.74, 6) is -0.708. The zero-order valence-corrected chi connectivity index (χ0v) is 17.8. The number of pyridine rings is 1. The van der Waals surface area contributed by atoms with Crippen LogP contribution in [0.2, 0.25) is 0 Å². The molecule has 1 saturated heterocycles. The highest BCUT2D eigenvalue weighted by Gasteiger charge is 2.30. The number of hydrogen-bond donors (Lipinski definition) is 1. The summed E-state index contributed by atoms with van der Waals surface area (Å²) in [5, 5.41) is 2.39. The number of amides is 2. The van der Waals surface area contributed by atoms with E-state index in [9.17, 15) is 14.0 Å². The average Bonchev–Trinajstić information content (AvgIpc) is 2.73. The number of carbonyl (C=O) groups excluding carboxylic acids is 2. The largest absolute Gasteiger partial charge is 0.444 e. The number of halogens is 1. The third-order valence-corrected chi connectivity index (χ3v) is 4.37. The van der Waals surface area contributed by atoms with Gasteiger partial charge in [-0.25, -0.2) is 14.0 Å². The minimum absolute atomic E-state index is 0.0584. The van der Waals surface area contributed by atoms with Gasteiger partial charge in [-0.1, -0.05) is 30.3 Å². The van der Waals surface area contributed by atoms with E-state index in [1.54, 1.807) is 20.8 Å². The van der Waals surface area contributed by atoms with Crippen LogP contribution in [0.1, 0.15) is 38.1 Å². The molecule has 1 unspecified atom stereocenters. The summed E-state index contributed by atoms with van der Waals surface area (Å²) in [7, 11) is 0. The number of aromatic nitrogens is 1. The fraction of sp³-hybridized carbons (Fsp3) is 0.409.